The van der Waals surface area contributed by atoms with Crippen molar-refractivity contribution in [3.05, 3.63) is 59.5 Å². The minimum absolute atomic E-state index is 0.0727. The van der Waals surface area contributed by atoms with Gasteiger partial charge in [-0.1, -0.05) is 12.1 Å². The number of aromatic nitrogens is 3. The van der Waals surface area contributed by atoms with E-state index in [4.69, 9.17) is 0 Å². The maximum absolute atomic E-state index is 12.0. The molecule has 0 spiro atoms. The van der Waals surface area contributed by atoms with Gasteiger partial charge < -0.3 is 10.2 Å². The Kier molecular flexibility index (Phi) is 4.32. The molecule has 6 heteroatoms. The molecule has 1 aromatic carbocycles. The van der Waals surface area contributed by atoms with Crippen LogP contribution < -0.4 is 10.2 Å². The summed E-state index contributed by atoms with van der Waals surface area (Å²) in [5.74, 6) is -0.0727. The van der Waals surface area contributed by atoms with Crippen LogP contribution in [0.4, 0.5) is 5.69 Å². The van der Waals surface area contributed by atoms with Gasteiger partial charge in [-0.05, 0) is 43.5 Å². The van der Waals surface area contributed by atoms with Gasteiger partial charge in [0.15, 0.2) is 5.65 Å². The van der Waals surface area contributed by atoms with Crippen LogP contribution in [0, 0.1) is 6.92 Å². The molecule has 0 aliphatic carbocycles. The van der Waals surface area contributed by atoms with E-state index in [0.29, 0.717) is 0 Å². The summed E-state index contributed by atoms with van der Waals surface area (Å²) in [6.45, 7) is 5.75. The monoisotopic (exact) mass is 349 g/mol. The summed E-state index contributed by atoms with van der Waals surface area (Å²) in [5, 5.41) is 7.57. The van der Waals surface area contributed by atoms with Crippen molar-refractivity contribution < 1.29 is 4.79 Å². The maximum atomic E-state index is 12.0. The van der Waals surface area contributed by atoms with Crippen molar-refractivity contribution in [1.82, 2.24) is 19.9 Å². The van der Waals surface area contributed by atoms with E-state index in [-0.39, 0.29) is 11.9 Å². The number of rotatable bonds is 4. The third kappa shape index (κ3) is 2.92. The highest BCUT2D eigenvalue weighted by atomic mass is 16.1. The molecular weight excluding hydrogens is 326 g/mol. The molecule has 1 saturated heterocycles. The minimum atomic E-state index is -0.297. The van der Waals surface area contributed by atoms with Gasteiger partial charge in [0.1, 0.15) is 6.04 Å². The molecule has 4 rings (SSSR count). The zero-order valence-corrected chi connectivity index (χ0v) is 15.1. The number of anilines is 1. The Morgan fingerprint density at radius 1 is 1.19 bits per heavy atom. The van der Waals surface area contributed by atoms with Crippen molar-refractivity contribution in [2.75, 3.05) is 18.0 Å². The van der Waals surface area contributed by atoms with Crippen molar-refractivity contribution in [1.29, 1.82) is 0 Å². The van der Waals surface area contributed by atoms with Crippen molar-refractivity contribution in [3.8, 4) is 0 Å². The Labute approximate surface area is 152 Å². The van der Waals surface area contributed by atoms with E-state index in [1.54, 1.807) is 17.6 Å². The van der Waals surface area contributed by atoms with Gasteiger partial charge in [0, 0.05) is 37.5 Å². The van der Waals surface area contributed by atoms with Crippen molar-refractivity contribution in [3.63, 3.8) is 0 Å². The molecule has 1 N–H and O–H groups in total. The van der Waals surface area contributed by atoms with Gasteiger partial charge in [0.05, 0.1) is 11.9 Å². The van der Waals surface area contributed by atoms with Gasteiger partial charge >= 0.3 is 0 Å². The van der Waals surface area contributed by atoms with Crippen LogP contribution in [0.3, 0.4) is 0 Å². The summed E-state index contributed by atoms with van der Waals surface area (Å²) in [4.78, 5) is 18.9. The van der Waals surface area contributed by atoms with E-state index < -0.39 is 0 Å². The Morgan fingerprint density at radius 3 is 2.77 bits per heavy atom. The number of fused-ring (bicyclic) bond motifs is 1. The molecule has 3 aromatic rings. The first kappa shape index (κ1) is 16.6. The quantitative estimate of drug-likeness (QED) is 0.787. The standard InChI is InChI=1S/C20H23N5O/c1-14-7-5-8-16(24-11-3-4-12-24)19(14)20(23-15(2)26)17-13-21-18-9-6-10-22-25(17)18/h5-10,13,20H,3-4,11-12H2,1-2H3,(H,23,26). The topological polar surface area (TPSA) is 62.5 Å². The van der Waals surface area contributed by atoms with Crippen LogP contribution in [0.15, 0.2) is 42.7 Å². The summed E-state index contributed by atoms with van der Waals surface area (Å²) < 4.78 is 1.81. The summed E-state index contributed by atoms with van der Waals surface area (Å²) >= 11 is 0. The predicted octanol–water partition coefficient (Wildman–Crippen LogP) is 2.86. The molecule has 1 atom stereocenters. The molecule has 3 heterocycles. The number of aryl methyl sites for hydroxylation is 1. The first-order chi connectivity index (χ1) is 12.6. The number of hydrogen-bond donors (Lipinski definition) is 1. The number of amides is 1. The number of imidazole rings is 1. The fourth-order valence-electron chi connectivity index (χ4n) is 3.82. The van der Waals surface area contributed by atoms with Crippen LogP contribution in [-0.4, -0.2) is 33.6 Å². The summed E-state index contributed by atoms with van der Waals surface area (Å²) in [7, 11) is 0. The number of nitrogens with one attached hydrogen (secondary N) is 1. The molecule has 1 fully saturated rings. The third-order valence-electron chi connectivity index (χ3n) is 4.98. The number of benzene rings is 1. The number of carbonyl (C=O) groups is 1. The lowest BCUT2D eigenvalue weighted by atomic mass is 9.96. The average Bonchev–Trinajstić information content (AvgIpc) is 3.29. The van der Waals surface area contributed by atoms with Gasteiger partial charge in [-0.25, -0.2) is 9.50 Å². The lowest BCUT2D eigenvalue weighted by Gasteiger charge is -2.28. The van der Waals surface area contributed by atoms with E-state index in [2.05, 4.69) is 45.4 Å². The average molecular weight is 349 g/mol. The van der Waals surface area contributed by atoms with E-state index in [1.807, 2.05) is 18.3 Å². The molecule has 0 bridgehead atoms. The minimum Gasteiger partial charge on any atom is -0.371 e. The molecule has 26 heavy (non-hydrogen) atoms. The molecule has 134 valence electrons. The summed E-state index contributed by atoms with van der Waals surface area (Å²) in [5.41, 5.74) is 5.10. The fourth-order valence-corrected chi connectivity index (χ4v) is 3.82. The Morgan fingerprint density at radius 2 is 2.00 bits per heavy atom. The number of carbonyl (C=O) groups excluding carboxylic acids is 1. The SMILES string of the molecule is CC(=O)NC(c1c(C)cccc1N1CCCC1)c1cnc2cccnn12. The lowest BCUT2D eigenvalue weighted by Crippen LogP contribution is -2.31. The Bertz CT molecular complexity index is 942. The van der Waals surface area contributed by atoms with Crippen LogP contribution in [0.5, 0.6) is 0 Å². The molecule has 6 nitrogen and oxygen atoms in total. The van der Waals surface area contributed by atoms with Crippen molar-refractivity contribution in [2.45, 2.75) is 32.7 Å². The molecule has 0 saturated carbocycles. The second kappa shape index (κ2) is 6.78. The van der Waals surface area contributed by atoms with Gasteiger partial charge in [-0.3, -0.25) is 4.79 Å². The van der Waals surface area contributed by atoms with Crippen molar-refractivity contribution in [2.24, 2.45) is 0 Å². The largest absolute Gasteiger partial charge is 0.371 e. The second-order valence-corrected chi connectivity index (χ2v) is 6.81. The third-order valence-corrected chi connectivity index (χ3v) is 4.98. The normalized spacial score (nSPS) is 15.4. The zero-order valence-electron chi connectivity index (χ0n) is 15.1. The van der Waals surface area contributed by atoms with E-state index in [1.165, 1.54) is 18.5 Å². The van der Waals surface area contributed by atoms with Gasteiger partial charge in [0.25, 0.3) is 0 Å². The van der Waals surface area contributed by atoms with E-state index in [9.17, 15) is 4.79 Å². The Hall–Kier alpha value is -2.89. The maximum Gasteiger partial charge on any atom is 0.217 e. The first-order valence-corrected chi connectivity index (χ1v) is 9.05. The number of hydrogen-bond acceptors (Lipinski definition) is 4. The molecule has 2 aromatic heterocycles. The lowest BCUT2D eigenvalue weighted by molar-refractivity contribution is -0.119. The Balaban J connectivity index is 1.89. The molecule has 0 radical (unpaired) electrons. The molecule has 1 aliphatic rings. The summed E-state index contributed by atoms with van der Waals surface area (Å²) in [6, 6.07) is 9.82. The highest BCUT2D eigenvalue weighted by Gasteiger charge is 2.27. The predicted molar refractivity (Wildman–Crippen MR) is 101 cm³/mol. The molecular formula is C20H23N5O. The van der Waals surface area contributed by atoms with Crippen LogP contribution in [0.2, 0.25) is 0 Å². The summed E-state index contributed by atoms with van der Waals surface area (Å²) in [6.07, 6.45) is 5.95. The van der Waals surface area contributed by atoms with Crippen LogP contribution in [0.1, 0.15) is 42.6 Å². The first-order valence-electron chi connectivity index (χ1n) is 9.05. The van der Waals surface area contributed by atoms with Crippen LogP contribution in [-0.2, 0) is 4.79 Å². The van der Waals surface area contributed by atoms with Crippen molar-refractivity contribution >= 4 is 17.2 Å². The second-order valence-electron chi connectivity index (χ2n) is 6.81. The smallest absolute Gasteiger partial charge is 0.217 e. The molecule has 1 unspecified atom stereocenters. The molecule has 1 aliphatic heterocycles. The molecule has 1 amide bonds. The van der Waals surface area contributed by atoms with E-state index >= 15 is 0 Å². The van der Waals surface area contributed by atoms with Gasteiger partial charge in [0.2, 0.25) is 5.91 Å². The highest BCUT2D eigenvalue weighted by Crippen LogP contribution is 2.35. The van der Waals surface area contributed by atoms with Gasteiger partial charge in [-0.2, -0.15) is 5.10 Å². The van der Waals surface area contributed by atoms with Crippen LogP contribution in [0.25, 0.3) is 5.65 Å². The highest BCUT2D eigenvalue weighted by molar-refractivity contribution is 5.75. The van der Waals surface area contributed by atoms with Crippen LogP contribution >= 0.6 is 0 Å². The fraction of sp³-hybridized carbons (Fsp3) is 0.350. The van der Waals surface area contributed by atoms with Gasteiger partial charge in [-0.15, -0.1) is 0 Å². The zero-order chi connectivity index (χ0) is 18.1. The number of nitrogens with zero attached hydrogens (tertiary/aromatic N) is 4. The van der Waals surface area contributed by atoms with E-state index in [0.717, 1.165) is 35.6 Å².